The van der Waals surface area contributed by atoms with Crippen molar-refractivity contribution in [3.8, 4) is 0 Å². The molecule has 2 N–H and O–H groups in total. The summed E-state index contributed by atoms with van der Waals surface area (Å²) in [5, 5.41) is 5.18. The summed E-state index contributed by atoms with van der Waals surface area (Å²) in [7, 11) is 0. The van der Waals surface area contributed by atoms with E-state index in [2.05, 4.69) is 29.5 Å². The lowest BCUT2D eigenvalue weighted by atomic mass is 10.0. The Morgan fingerprint density at radius 2 is 1.78 bits per heavy atom. The molecule has 2 amide bonds. The van der Waals surface area contributed by atoms with Crippen molar-refractivity contribution in [3.63, 3.8) is 0 Å². The van der Waals surface area contributed by atoms with E-state index in [-0.39, 0.29) is 0 Å². The minimum atomic E-state index is -0.664. The summed E-state index contributed by atoms with van der Waals surface area (Å²) in [5.41, 5.74) is 2.67. The summed E-state index contributed by atoms with van der Waals surface area (Å²) >= 11 is 0. The van der Waals surface area contributed by atoms with Crippen LogP contribution in [0.4, 0.5) is 5.69 Å². The second kappa shape index (κ2) is 8.08. The van der Waals surface area contributed by atoms with Gasteiger partial charge in [-0.25, -0.2) is 0 Å². The van der Waals surface area contributed by atoms with Gasteiger partial charge in [-0.05, 0) is 35.7 Å². The van der Waals surface area contributed by atoms with Crippen molar-refractivity contribution in [2.75, 3.05) is 11.9 Å². The highest BCUT2D eigenvalue weighted by atomic mass is 16.2. The third kappa shape index (κ3) is 5.21. The zero-order valence-electron chi connectivity index (χ0n) is 13.4. The number of anilines is 1. The SMILES string of the molecule is CC(C)c1ccc(NC(=O)C(=O)NCCc2ccccn2)cc1. The zero-order valence-corrected chi connectivity index (χ0v) is 13.4. The van der Waals surface area contributed by atoms with Crippen molar-refractivity contribution < 1.29 is 9.59 Å². The Kier molecular flexibility index (Phi) is 5.86. The standard InChI is InChI=1S/C18H21N3O2/c1-13(2)14-6-8-16(9-7-14)21-18(23)17(22)20-12-10-15-5-3-4-11-19-15/h3-9,11,13H,10,12H2,1-2H3,(H,20,22)(H,21,23). The van der Waals surface area contributed by atoms with Gasteiger partial charge in [-0.3, -0.25) is 14.6 Å². The van der Waals surface area contributed by atoms with Crippen LogP contribution in [0.3, 0.4) is 0 Å². The fraction of sp³-hybridized carbons (Fsp3) is 0.278. The number of carbonyl (C=O) groups is 2. The molecule has 0 aliphatic carbocycles. The molecule has 2 rings (SSSR count). The van der Waals surface area contributed by atoms with Crippen LogP contribution in [0.1, 0.15) is 31.0 Å². The number of carbonyl (C=O) groups excluding carboxylic acids is 2. The van der Waals surface area contributed by atoms with Crippen LogP contribution in [0.15, 0.2) is 48.7 Å². The van der Waals surface area contributed by atoms with E-state index >= 15 is 0 Å². The maximum absolute atomic E-state index is 11.8. The zero-order chi connectivity index (χ0) is 16.7. The summed E-state index contributed by atoms with van der Waals surface area (Å²) in [6.45, 7) is 4.57. The number of rotatable bonds is 5. The fourth-order valence-electron chi connectivity index (χ4n) is 2.07. The van der Waals surface area contributed by atoms with Gasteiger partial charge in [0.15, 0.2) is 0 Å². The van der Waals surface area contributed by atoms with E-state index in [1.165, 1.54) is 5.56 Å². The molecule has 0 saturated heterocycles. The van der Waals surface area contributed by atoms with Crippen LogP contribution < -0.4 is 10.6 Å². The second-order valence-electron chi connectivity index (χ2n) is 5.56. The normalized spacial score (nSPS) is 10.4. The third-order valence-electron chi connectivity index (χ3n) is 3.43. The molecule has 120 valence electrons. The van der Waals surface area contributed by atoms with Crippen molar-refractivity contribution >= 4 is 17.5 Å². The lowest BCUT2D eigenvalue weighted by molar-refractivity contribution is -0.136. The topological polar surface area (TPSA) is 71.1 Å². The van der Waals surface area contributed by atoms with Gasteiger partial charge in [0, 0.05) is 30.5 Å². The van der Waals surface area contributed by atoms with Gasteiger partial charge < -0.3 is 10.6 Å². The van der Waals surface area contributed by atoms with Crippen LogP contribution in [-0.2, 0) is 16.0 Å². The largest absolute Gasteiger partial charge is 0.347 e. The van der Waals surface area contributed by atoms with E-state index in [0.29, 0.717) is 24.6 Å². The van der Waals surface area contributed by atoms with E-state index in [0.717, 1.165) is 5.69 Å². The molecule has 1 aromatic heterocycles. The first-order valence-corrected chi connectivity index (χ1v) is 7.65. The highest BCUT2D eigenvalue weighted by Crippen LogP contribution is 2.16. The number of nitrogens with zero attached hydrogens (tertiary/aromatic N) is 1. The van der Waals surface area contributed by atoms with E-state index in [9.17, 15) is 9.59 Å². The molecule has 23 heavy (non-hydrogen) atoms. The van der Waals surface area contributed by atoms with Crippen LogP contribution in [0.5, 0.6) is 0 Å². The maximum atomic E-state index is 11.8. The molecule has 0 fully saturated rings. The molecule has 0 aliphatic heterocycles. The summed E-state index contributed by atoms with van der Waals surface area (Å²) < 4.78 is 0. The van der Waals surface area contributed by atoms with Gasteiger partial charge >= 0.3 is 11.8 Å². The molecular formula is C18H21N3O2. The van der Waals surface area contributed by atoms with Gasteiger partial charge in [-0.15, -0.1) is 0 Å². The quantitative estimate of drug-likeness (QED) is 0.833. The summed E-state index contributed by atoms with van der Waals surface area (Å²) in [5.74, 6) is -0.883. The summed E-state index contributed by atoms with van der Waals surface area (Å²) in [6.07, 6.45) is 2.29. The predicted molar refractivity (Wildman–Crippen MR) is 90.1 cm³/mol. The molecular weight excluding hydrogens is 290 g/mol. The average molecular weight is 311 g/mol. The van der Waals surface area contributed by atoms with Crippen molar-refractivity contribution in [3.05, 3.63) is 59.9 Å². The Bertz CT molecular complexity index is 652. The Morgan fingerprint density at radius 1 is 1.04 bits per heavy atom. The molecule has 0 saturated carbocycles. The third-order valence-corrected chi connectivity index (χ3v) is 3.43. The molecule has 0 radical (unpaired) electrons. The molecule has 5 heteroatoms. The van der Waals surface area contributed by atoms with Crippen LogP contribution in [0.2, 0.25) is 0 Å². The van der Waals surface area contributed by atoms with Crippen LogP contribution in [-0.4, -0.2) is 23.3 Å². The molecule has 0 aliphatic rings. The number of aromatic nitrogens is 1. The highest BCUT2D eigenvalue weighted by molar-refractivity contribution is 6.39. The van der Waals surface area contributed by atoms with Gasteiger partial charge in [0.1, 0.15) is 0 Å². The molecule has 2 aromatic rings. The van der Waals surface area contributed by atoms with Gasteiger partial charge in [0.2, 0.25) is 0 Å². The van der Waals surface area contributed by atoms with E-state index < -0.39 is 11.8 Å². The summed E-state index contributed by atoms with van der Waals surface area (Å²) in [4.78, 5) is 27.8. The van der Waals surface area contributed by atoms with Crippen molar-refractivity contribution in [1.29, 1.82) is 0 Å². The first-order chi connectivity index (χ1) is 11.1. The lowest BCUT2D eigenvalue weighted by Gasteiger charge is -2.08. The van der Waals surface area contributed by atoms with Crippen molar-refractivity contribution in [2.24, 2.45) is 0 Å². The van der Waals surface area contributed by atoms with Gasteiger partial charge in [-0.2, -0.15) is 0 Å². The molecule has 0 spiro atoms. The first kappa shape index (κ1) is 16.7. The van der Waals surface area contributed by atoms with Crippen LogP contribution in [0, 0.1) is 0 Å². The molecule has 0 atom stereocenters. The lowest BCUT2D eigenvalue weighted by Crippen LogP contribution is -2.36. The van der Waals surface area contributed by atoms with Gasteiger partial charge in [0.05, 0.1) is 0 Å². The minimum Gasteiger partial charge on any atom is -0.347 e. The number of pyridine rings is 1. The Hall–Kier alpha value is -2.69. The minimum absolute atomic E-state index is 0.371. The summed E-state index contributed by atoms with van der Waals surface area (Å²) in [6, 6.07) is 13.1. The Morgan fingerprint density at radius 3 is 2.39 bits per heavy atom. The predicted octanol–water partition coefficient (Wildman–Crippen LogP) is 2.50. The molecule has 0 bridgehead atoms. The number of hydrogen-bond donors (Lipinski definition) is 2. The fourth-order valence-corrected chi connectivity index (χ4v) is 2.07. The van der Waals surface area contributed by atoms with E-state index in [4.69, 9.17) is 0 Å². The Balaban J connectivity index is 1.79. The highest BCUT2D eigenvalue weighted by Gasteiger charge is 2.13. The molecule has 5 nitrogen and oxygen atoms in total. The molecule has 1 heterocycles. The van der Waals surface area contributed by atoms with E-state index in [1.807, 2.05) is 30.3 Å². The molecule has 1 aromatic carbocycles. The number of nitrogens with one attached hydrogen (secondary N) is 2. The molecule has 0 unspecified atom stereocenters. The second-order valence-corrected chi connectivity index (χ2v) is 5.56. The van der Waals surface area contributed by atoms with E-state index in [1.54, 1.807) is 18.3 Å². The number of amides is 2. The van der Waals surface area contributed by atoms with Crippen molar-refractivity contribution in [2.45, 2.75) is 26.2 Å². The Labute approximate surface area is 136 Å². The number of hydrogen-bond acceptors (Lipinski definition) is 3. The van der Waals surface area contributed by atoms with Gasteiger partial charge in [-0.1, -0.05) is 32.0 Å². The van der Waals surface area contributed by atoms with Crippen LogP contribution in [0.25, 0.3) is 0 Å². The average Bonchev–Trinajstić information content (AvgIpc) is 2.56. The van der Waals surface area contributed by atoms with Crippen LogP contribution >= 0.6 is 0 Å². The van der Waals surface area contributed by atoms with Gasteiger partial charge in [0.25, 0.3) is 0 Å². The van der Waals surface area contributed by atoms with Crippen molar-refractivity contribution in [1.82, 2.24) is 10.3 Å². The maximum Gasteiger partial charge on any atom is 0.313 e. The first-order valence-electron chi connectivity index (χ1n) is 7.65. The smallest absolute Gasteiger partial charge is 0.313 e. The number of benzene rings is 1. The monoisotopic (exact) mass is 311 g/mol.